The number of carbonyl (C=O) groups is 1. The minimum absolute atomic E-state index is 0.101. The molecule has 3 heterocycles. The number of fused-ring (bicyclic) bond motifs is 1. The van der Waals surface area contributed by atoms with Gasteiger partial charge in [0.2, 0.25) is 0 Å². The van der Waals surface area contributed by atoms with Crippen molar-refractivity contribution in [1.29, 1.82) is 0 Å². The van der Waals surface area contributed by atoms with Crippen LogP contribution in [0.3, 0.4) is 0 Å². The van der Waals surface area contributed by atoms with Crippen LogP contribution in [0.1, 0.15) is 74.5 Å². The summed E-state index contributed by atoms with van der Waals surface area (Å²) in [5, 5.41) is 10.4. The Bertz CT molecular complexity index is 1210. The molecule has 1 aromatic heterocycles. The largest absolute Gasteiger partial charge is 0.508 e. The second-order valence-electron chi connectivity index (χ2n) is 10.9. The van der Waals surface area contributed by atoms with E-state index in [9.17, 15) is 14.7 Å². The number of hydrogen-bond acceptors (Lipinski definition) is 5. The first-order valence-corrected chi connectivity index (χ1v) is 13.5. The summed E-state index contributed by atoms with van der Waals surface area (Å²) in [5.41, 5.74) is 4.81. The van der Waals surface area contributed by atoms with E-state index in [1.54, 1.807) is 6.07 Å². The van der Waals surface area contributed by atoms with E-state index in [1.165, 1.54) is 48.5 Å². The molecule has 2 N–H and O–H groups in total. The lowest BCUT2D eigenvalue weighted by Gasteiger charge is -2.30. The first-order valence-electron chi connectivity index (χ1n) is 13.5. The molecule has 2 unspecified atom stereocenters. The van der Waals surface area contributed by atoms with E-state index < -0.39 is 0 Å². The third kappa shape index (κ3) is 4.99. The zero-order valence-corrected chi connectivity index (χ0v) is 21.7. The quantitative estimate of drug-likeness (QED) is 0.655. The lowest BCUT2D eigenvalue weighted by atomic mass is 9.84. The van der Waals surface area contributed by atoms with Gasteiger partial charge in [0.15, 0.2) is 0 Å². The van der Waals surface area contributed by atoms with Crippen LogP contribution in [0.25, 0.3) is 5.57 Å². The summed E-state index contributed by atoms with van der Waals surface area (Å²) in [6.45, 7) is 9.39. The fourth-order valence-corrected chi connectivity index (χ4v) is 6.23. The van der Waals surface area contributed by atoms with Crippen LogP contribution in [0, 0.1) is 11.8 Å². The molecule has 0 radical (unpaired) electrons. The molecule has 3 aliphatic rings. The van der Waals surface area contributed by atoms with Crippen molar-refractivity contribution in [3.8, 4) is 5.75 Å². The van der Waals surface area contributed by atoms with Crippen molar-refractivity contribution in [2.75, 3.05) is 19.6 Å². The number of aromatic hydroxyl groups is 1. The molecule has 1 aliphatic carbocycles. The lowest BCUT2D eigenvalue weighted by Crippen LogP contribution is -2.37. The first kappa shape index (κ1) is 24.8. The molecule has 1 saturated carbocycles. The number of aromatic nitrogens is 2. The predicted molar refractivity (Wildman–Crippen MR) is 141 cm³/mol. The fraction of sp³-hybridized carbons (Fsp3) is 0.552. The molecule has 5 rings (SSSR count). The average molecular weight is 491 g/mol. The summed E-state index contributed by atoms with van der Waals surface area (Å²) in [5.74, 6) is 1.17. The van der Waals surface area contributed by atoms with Gasteiger partial charge in [-0.25, -0.2) is 4.98 Å². The Balaban J connectivity index is 1.57. The molecule has 2 aromatic rings. The number of likely N-dealkylation sites (tertiary alicyclic amines) is 1. The van der Waals surface area contributed by atoms with Gasteiger partial charge in [0.1, 0.15) is 11.4 Å². The van der Waals surface area contributed by atoms with Crippen LogP contribution in [0.15, 0.2) is 41.0 Å². The number of rotatable bonds is 5. The monoisotopic (exact) mass is 490 g/mol. The highest BCUT2D eigenvalue weighted by atomic mass is 16.3. The molecule has 1 saturated heterocycles. The van der Waals surface area contributed by atoms with Crippen molar-refractivity contribution in [1.82, 2.24) is 19.8 Å². The fourth-order valence-electron chi connectivity index (χ4n) is 6.23. The van der Waals surface area contributed by atoms with E-state index in [1.807, 2.05) is 17.0 Å². The Labute approximate surface area is 213 Å². The molecule has 7 heteroatoms. The molecule has 1 aromatic carbocycles. The van der Waals surface area contributed by atoms with Crippen LogP contribution < -0.4 is 5.56 Å². The number of hydrogen-bond donors (Lipinski definition) is 2. The van der Waals surface area contributed by atoms with Gasteiger partial charge in [-0.05, 0) is 92.7 Å². The molecule has 2 aliphatic heterocycles. The number of benzene rings is 1. The second kappa shape index (κ2) is 10.2. The lowest BCUT2D eigenvalue weighted by molar-refractivity contribution is 0.0741. The molecular formula is C29H38N4O3. The van der Waals surface area contributed by atoms with Crippen LogP contribution in [0.4, 0.5) is 0 Å². The Morgan fingerprint density at radius 2 is 1.97 bits per heavy atom. The number of amides is 1. The summed E-state index contributed by atoms with van der Waals surface area (Å²) in [7, 11) is 0. The van der Waals surface area contributed by atoms with Crippen molar-refractivity contribution >= 4 is 11.5 Å². The maximum atomic E-state index is 13.5. The maximum Gasteiger partial charge on any atom is 0.273 e. The van der Waals surface area contributed by atoms with Gasteiger partial charge < -0.3 is 19.9 Å². The summed E-state index contributed by atoms with van der Waals surface area (Å²) < 4.78 is 0. The van der Waals surface area contributed by atoms with Gasteiger partial charge in [0.05, 0.1) is 12.4 Å². The molecule has 7 nitrogen and oxygen atoms in total. The zero-order chi connectivity index (χ0) is 25.4. The Hall–Kier alpha value is -2.93. The van der Waals surface area contributed by atoms with Crippen LogP contribution in [0.5, 0.6) is 5.75 Å². The Morgan fingerprint density at radius 1 is 1.17 bits per heavy atom. The number of nitrogens with zero attached hydrogens (tertiary/aromatic N) is 3. The first-order chi connectivity index (χ1) is 17.4. The van der Waals surface area contributed by atoms with Crippen molar-refractivity contribution in [2.24, 2.45) is 11.8 Å². The van der Waals surface area contributed by atoms with Gasteiger partial charge in [-0.3, -0.25) is 9.59 Å². The highest BCUT2D eigenvalue weighted by Gasteiger charge is 2.41. The van der Waals surface area contributed by atoms with Gasteiger partial charge in [-0.2, -0.15) is 0 Å². The van der Waals surface area contributed by atoms with E-state index in [4.69, 9.17) is 0 Å². The van der Waals surface area contributed by atoms with Crippen molar-refractivity contribution in [3.63, 3.8) is 0 Å². The van der Waals surface area contributed by atoms with Crippen LogP contribution >= 0.6 is 0 Å². The summed E-state index contributed by atoms with van der Waals surface area (Å²) in [4.78, 5) is 36.6. The van der Waals surface area contributed by atoms with E-state index in [2.05, 4.69) is 35.6 Å². The maximum absolute atomic E-state index is 13.5. The van der Waals surface area contributed by atoms with Gasteiger partial charge in [0, 0.05) is 37.7 Å². The number of aryl methyl sites for hydroxylation is 1. The van der Waals surface area contributed by atoms with Gasteiger partial charge in [-0.1, -0.05) is 13.0 Å². The molecule has 0 bridgehead atoms. The van der Waals surface area contributed by atoms with Crippen molar-refractivity contribution in [3.05, 3.63) is 63.3 Å². The van der Waals surface area contributed by atoms with Crippen LogP contribution in [-0.2, 0) is 6.42 Å². The average Bonchev–Trinajstić information content (AvgIpc) is 3.62. The van der Waals surface area contributed by atoms with E-state index in [-0.39, 0.29) is 34.9 Å². The molecule has 1 amide bonds. The number of carbonyl (C=O) groups excluding carboxylic acids is 1. The minimum atomic E-state index is -0.320. The Kier molecular flexibility index (Phi) is 7.02. The van der Waals surface area contributed by atoms with Crippen LogP contribution in [-0.4, -0.2) is 62.5 Å². The second-order valence-corrected chi connectivity index (χ2v) is 10.9. The van der Waals surface area contributed by atoms with Crippen molar-refractivity contribution < 1.29 is 9.90 Å². The summed E-state index contributed by atoms with van der Waals surface area (Å²) in [6, 6.07) is 7.41. The number of phenols is 1. The van der Waals surface area contributed by atoms with Gasteiger partial charge in [0.25, 0.3) is 11.5 Å². The number of aromatic amines is 1. The molecule has 0 spiro atoms. The van der Waals surface area contributed by atoms with Crippen molar-refractivity contribution in [2.45, 2.75) is 71.4 Å². The van der Waals surface area contributed by atoms with E-state index in [0.717, 1.165) is 43.7 Å². The minimum Gasteiger partial charge on any atom is -0.508 e. The smallest absolute Gasteiger partial charge is 0.273 e. The molecule has 36 heavy (non-hydrogen) atoms. The van der Waals surface area contributed by atoms with Gasteiger partial charge in [-0.15, -0.1) is 0 Å². The highest BCUT2D eigenvalue weighted by Crippen LogP contribution is 2.43. The molecule has 192 valence electrons. The van der Waals surface area contributed by atoms with Gasteiger partial charge >= 0.3 is 0 Å². The number of phenolic OH excluding ortho intramolecular Hbond substituents is 1. The third-order valence-corrected chi connectivity index (χ3v) is 8.48. The third-order valence-electron chi connectivity index (χ3n) is 8.48. The summed E-state index contributed by atoms with van der Waals surface area (Å²) >= 11 is 0. The highest BCUT2D eigenvalue weighted by molar-refractivity contribution is 5.93. The van der Waals surface area contributed by atoms with E-state index in [0.29, 0.717) is 12.6 Å². The normalized spacial score (nSPS) is 27.3. The SMILES string of the molecule is CCc1ccc(O)cc1/C1=C2\C(C)N(C(=O)c3cc(=O)[nH]cn3)C[C@H]2CCC(C)N(CC2CC2)CC1. The number of nitrogens with one attached hydrogen (secondary N) is 1. The molecule has 3 atom stereocenters. The number of H-pyrrole nitrogens is 1. The zero-order valence-electron chi connectivity index (χ0n) is 21.7. The summed E-state index contributed by atoms with van der Waals surface area (Å²) in [6.07, 6.45) is 7.87. The predicted octanol–water partition coefficient (Wildman–Crippen LogP) is 4.24. The molecular weight excluding hydrogens is 452 g/mol. The Morgan fingerprint density at radius 3 is 2.69 bits per heavy atom. The van der Waals surface area contributed by atoms with E-state index >= 15 is 0 Å². The van der Waals surface area contributed by atoms with Crippen LogP contribution in [0.2, 0.25) is 0 Å². The standard InChI is InChI=1S/C29H38N4O3/c1-4-21-9-10-23(34)13-25(21)24-11-12-32(15-20-6-7-20)18(2)5-8-22-16-33(19(3)28(22)24)29(36)26-14-27(35)31-17-30-26/h9-10,13-14,17-20,22,34H,4-8,11-12,15-16H2,1-3H3,(H,30,31,35)/b28-24+/t18?,19?,22-/m1/s1. The molecule has 2 fully saturated rings. The topological polar surface area (TPSA) is 89.5 Å².